The van der Waals surface area contributed by atoms with E-state index in [0.717, 1.165) is 45.8 Å². The van der Waals surface area contributed by atoms with Gasteiger partial charge < -0.3 is 66.0 Å². The Morgan fingerprint density at radius 1 is 0.458 bits per heavy atom. The van der Waals surface area contributed by atoms with Crippen molar-refractivity contribution in [2.45, 2.75) is 113 Å². The van der Waals surface area contributed by atoms with E-state index >= 15 is 0 Å². The van der Waals surface area contributed by atoms with Crippen molar-refractivity contribution in [2.24, 2.45) is 0 Å². The number of amides is 11. The molecule has 0 spiro atoms. The van der Waals surface area contributed by atoms with E-state index < -0.39 is 58.6 Å². The third-order valence-electron chi connectivity index (χ3n) is 18.7. The number of fused-ring (bicyclic) bond motifs is 8. The molecule has 8 saturated heterocycles. The number of urea groups is 4. The SMILES string of the molecule is CN(C)c1cc(N)ccn1.CN(C)c1cc(NC(=O)[C@@H]2CC[C@@H]3CN2C(=O)N3O)ccn1.CN(C)c1cc(NC(=O)[C@@H]2CC[C@@H]3CN2C(=O)N3OCc2ccccc2)ccn1.CN(C)c1cc(NC(=O)[C@@H]2CC[C@@H]3CN2C(=O)N3OS(=O)(=O)O)ccn1.O=C(O)[C@@H]1CC[C@@H]2CN1C(=O)N2OCc1ccccc1. The van der Waals surface area contributed by atoms with Crippen LogP contribution in [-0.2, 0) is 56.7 Å². The summed E-state index contributed by atoms with van der Waals surface area (Å²) in [6, 6.07) is 28.1. The van der Waals surface area contributed by atoms with Gasteiger partial charge in [0.25, 0.3) is 0 Å². The van der Waals surface area contributed by atoms with Crippen LogP contribution in [0.25, 0.3) is 0 Å². The van der Waals surface area contributed by atoms with Gasteiger partial charge in [0.2, 0.25) is 17.7 Å². The number of hydroxylamine groups is 8. The number of carbonyl (C=O) groups excluding carboxylic acids is 7. The average Bonchev–Trinajstić information content (AvgIpc) is 1.64. The van der Waals surface area contributed by atoms with Crippen molar-refractivity contribution >= 4 is 104 Å². The van der Waals surface area contributed by atoms with E-state index in [2.05, 4.69) is 40.2 Å². The number of hydrogen-bond donors (Lipinski definition) is 7. The van der Waals surface area contributed by atoms with Gasteiger partial charge in [0.15, 0.2) is 0 Å². The highest BCUT2D eigenvalue weighted by Gasteiger charge is 2.52. The fourth-order valence-corrected chi connectivity index (χ4v) is 13.6. The molecule has 11 amide bonds. The molecule has 8 aliphatic rings. The lowest BCUT2D eigenvalue weighted by Crippen LogP contribution is -2.47. The van der Waals surface area contributed by atoms with Crippen molar-refractivity contribution in [1.82, 2.24) is 59.8 Å². The monoisotopic (exact) mass is 1500 g/mol. The first-order valence-electron chi connectivity index (χ1n) is 34.6. The van der Waals surface area contributed by atoms with Gasteiger partial charge >= 0.3 is 40.5 Å². The molecule has 37 heteroatoms. The fraction of sp³-hybridized carbons (Fsp3) is 0.429. The molecule has 4 aromatic heterocycles. The van der Waals surface area contributed by atoms with E-state index in [1.165, 1.54) is 24.8 Å². The quantitative estimate of drug-likeness (QED) is 0.0387. The number of aromatic nitrogens is 4. The molecule has 12 heterocycles. The summed E-state index contributed by atoms with van der Waals surface area (Å²) in [5.74, 6) is 1.29. The first kappa shape index (κ1) is 78.3. The summed E-state index contributed by atoms with van der Waals surface area (Å²) in [4.78, 5) is 139. The van der Waals surface area contributed by atoms with Crippen molar-refractivity contribution in [2.75, 3.05) is 124 Å². The van der Waals surface area contributed by atoms with Crippen LogP contribution in [0.2, 0.25) is 0 Å². The second kappa shape index (κ2) is 34.8. The maximum Gasteiger partial charge on any atom is 0.418 e. The van der Waals surface area contributed by atoms with Crippen LogP contribution < -0.4 is 41.3 Å². The number of piperidine rings is 4. The van der Waals surface area contributed by atoms with Crippen LogP contribution in [0.1, 0.15) is 62.5 Å². The van der Waals surface area contributed by atoms with Crippen LogP contribution in [0.5, 0.6) is 0 Å². The third kappa shape index (κ3) is 19.6. The minimum atomic E-state index is -4.81. The lowest BCUT2D eigenvalue weighted by Gasteiger charge is -2.29. The van der Waals surface area contributed by atoms with Gasteiger partial charge in [0.1, 0.15) is 60.7 Å². The molecule has 8 atom stereocenters. The van der Waals surface area contributed by atoms with Crippen LogP contribution in [0.4, 0.5) is 65.2 Å². The molecular weight excluding hydrogens is 1410 g/mol. The standard InChI is InChI=1S/C21H25N5O3.C14H19N5O6S.C14H19N5O3.C14H16N2O4.C7H11N3/c1-24(2)19-12-16(10-11-22-19)23-20(27)18-9-8-17-13-25(18)21(28)26(17)29-14-15-6-4-3-5-7-15;1-17(2)12-7-9(5-6-15-12)16-13(20)11-4-3-10-8-18(11)14(21)19(10)25-26(22,23)24;1-17(2)12-7-9(5-6-15-12)16-13(20)11-4-3-10-8-18(11)14(21)19(10)22;17-13(18)12-7-6-11-8-15(12)14(19)16(11)20-9-10-4-2-1-3-5-10;1-10(2)7-5-6(8)3-4-9-7/h3-7,10-12,17-18H,8-9,13-14H2,1-2H3,(H,22,23,27);5-7,10-11H,3-4,8H2,1-2H3,(H,15,16,20)(H,22,23,24);5-7,10-11,22H,3-4,8H2,1-2H3,(H,15,16,20);1-5,11-12H,6-9H2,(H,17,18);3-5H,1-2H3,(H2,8,9)/t17-,18+;2*10-,11+;11-,12+;/m1111./s1. The number of carbonyl (C=O) groups is 8. The highest BCUT2D eigenvalue weighted by molar-refractivity contribution is 7.80. The number of nitrogens with two attached hydrogens (primary N) is 1. The first-order chi connectivity index (χ1) is 51.0. The molecule has 14 rings (SSSR count). The Kier molecular flexibility index (Phi) is 25.5. The Morgan fingerprint density at radius 2 is 0.776 bits per heavy atom. The van der Waals surface area contributed by atoms with Crippen molar-refractivity contribution in [3.63, 3.8) is 0 Å². The molecular formula is C70H90N20O16S. The lowest BCUT2D eigenvalue weighted by atomic mass is 10.0. The zero-order valence-corrected chi connectivity index (χ0v) is 61.3. The number of nitrogens with zero attached hydrogens (tertiary/aromatic N) is 16. The van der Waals surface area contributed by atoms with E-state index in [1.54, 1.807) is 71.0 Å². The van der Waals surface area contributed by atoms with Gasteiger partial charge in [0.05, 0.1) is 24.2 Å². The Morgan fingerprint density at radius 3 is 1.13 bits per heavy atom. The minimum Gasteiger partial charge on any atom is -0.480 e. The normalized spacial score (nSPS) is 21.5. The number of nitrogen functional groups attached to an aromatic ring is 1. The summed E-state index contributed by atoms with van der Waals surface area (Å²) < 4.78 is 34.9. The molecule has 0 aliphatic carbocycles. The predicted molar refractivity (Wildman–Crippen MR) is 392 cm³/mol. The van der Waals surface area contributed by atoms with Crippen LogP contribution in [0, 0.1) is 0 Å². The number of anilines is 8. The summed E-state index contributed by atoms with van der Waals surface area (Å²) in [6.45, 7) is 2.13. The van der Waals surface area contributed by atoms with Gasteiger partial charge in [-0.05, 0) is 86.8 Å². The van der Waals surface area contributed by atoms with Crippen LogP contribution in [-0.4, -0.2) is 262 Å². The highest BCUT2D eigenvalue weighted by Crippen LogP contribution is 2.35. The number of carboxylic acid groups (broad SMARTS) is 1. The fourth-order valence-electron chi connectivity index (χ4n) is 13.2. The molecule has 6 aromatic rings. The number of rotatable bonds is 19. The van der Waals surface area contributed by atoms with Crippen molar-refractivity contribution < 1.29 is 75.6 Å². The van der Waals surface area contributed by atoms with Gasteiger partial charge in [-0.1, -0.05) is 60.7 Å². The molecule has 0 saturated carbocycles. The molecule has 572 valence electrons. The maximum atomic E-state index is 12.9. The summed E-state index contributed by atoms with van der Waals surface area (Å²) in [5.41, 5.74) is 10.1. The van der Waals surface area contributed by atoms with Gasteiger partial charge in [-0.25, -0.2) is 49.0 Å². The van der Waals surface area contributed by atoms with Crippen molar-refractivity contribution in [3.05, 3.63) is 145 Å². The van der Waals surface area contributed by atoms with E-state index in [1.807, 2.05) is 144 Å². The molecule has 8 fully saturated rings. The van der Waals surface area contributed by atoms with Gasteiger partial charge in [-0.15, -0.1) is 4.28 Å². The molecule has 8 bridgehead atoms. The topological polar surface area (TPSA) is 412 Å². The summed E-state index contributed by atoms with van der Waals surface area (Å²) in [6.07, 6.45) is 10.9. The van der Waals surface area contributed by atoms with Crippen molar-refractivity contribution in [3.8, 4) is 0 Å². The molecule has 8 N–H and O–H groups in total. The Bertz CT molecular complexity index is 4270. The summed E-state index contributed by atoms with van der Waals surface area (Å²) >= 11 is 0. The van der Waals surface area contributed by atoms with E-state index in [0.29, 0.717) is 106 Å². The predicted octanol–water partition coefficient (Wildman–Crippen LogP) is 5.52. The van der Waals surface area contributed by atoms with E-state index in [9.17, 15) is 52.0 Å². The van der Waals surface area contributed by atoms with Gasteiger partial charge in [0, 0.05) is 154 Å². The average molecular weight is 1500 g/mol. The molecule has 0 radical (unpaired) electrons. The molecule has 36 nitrogen and oxygen atoms in total. The third-order valence-corrected chi connectivity index (χ3v) is 19.1. The van der Waals surface area contributed by atoms with E-state index in [4.69, 9.17) is 25.1 Å². The summed E-state index contributed by atoms with van der Waals surface area (Å²) in [7, 11) is 10.2. The van der Waals surface area contributed by atoms with Gasteiger partial charge in [-0.3, -0.25) is 33.8 Å². The summed E-state index contributed by atoms with van der Waals surface area (Å²) in [5, 5.41) is 31.4. The zero-order chi connectivity index (χ0) is 77.0. The first-order valence-corrected chi connectivity index (χ1v) is 35.9. The van der Waals surface area contributed by atoms with Crippen LogP contribution in [0.3, 0.4) is 0 Å². The number of pyridine rings is 4. The Labute approximate surface area is 618 Å². The lowest BCUT2D eigenvalue weighted by molar-refractivity contribution is -0.143. The number of carboxylic acids is 1. The largest absolute Gasteiger partial charge is 0.480 e. The second-order valence-electron chi connectivity index (χ2n) is 27.1. The van der Waals surface area contributed by atoms with Gasteiger partial charge in [-0.2, -0.15) is 23.6 Å². The molecule has 8 aliphatic heterocycles. The minimum absolute atomic E-state index is 0.0171. The highest BCUT2D eigenvalue weighted by atomic mass is 32.3. The zero-order valence-electron chi connectivity index (χ0n) is 60.5. The number of hydrogen-bond acceptors (Lipinski definition) is 23. The Hall–Kier alpha value is -11.2. The smallest absolute Gasteiger partial charge is 0.418 e. The molecule has 0 unspecified atom stereocenters. The number of nitrogens with one attached hydrogen (secondary N) is 3. The Balaban J connectivity index is 0.000000147. The molecule has 107 heavy (non-hydrogen) atoms. The second-order valence-corrected chi connectivity index (χ2v) is 28.1. The van der Waals surface area contributed by atoms with E-state index in [-0.39, 0.29) is 54.5 Å². The number of benzene rings is 2. The number of aliphatic carboxylic acids is 1. The van der Waals surface area contributed by atoms with Crippen LogP contribution >= 0.6 is 0 Å². The maximum absolute atomic E-state index is 12.9. The van der Waals surface area contributed by atoms with Crippen LogP contribution in [0.15, 0.2) is 134 Å². The molecule has 2 aromatic carbocycles. The van der Waals surface area contributed by atoms with Crippen molar-refractivity contribution in [1.29, 1.82) is 0 Å².